The van der Waals surface area contributed by atoms with Crippen LogP contribution >= 0.6 is 11.6 Å². The van der Waals surface area contributed by atoms with Crippen molar-refractivity contribution in [1.82, 2.24) is 19.8 Å². The summed E-state index contributed by atoms with van der Waals surface area (Å²) in [5.41, 5.74) is 5.02. The van der Waals surface area contributed by atoms with Crippen LogP contribution in [0.3, 0.4) is 0 Å². The van der Waals surface area contributed by atoms with Gasteiger partial charge in [-0.05, 0) is 47.7 Å². The number of hydrogen-bond donors (Lipinski definition) is 0. The zero-order valence-electron chi connectivity index (χ0n) is 19.0. The highest BCUT2D eigenvalue weighted by molar-refractivity contribution is 6.30. The quantitative estimate of drug-likeness (QED) is 0.402. The average Bonchev–Trinajstić information content (AvgIpc) is 3.22. The van der Waals surface area contributed by atoms with E-state index >= 15 is 0 Å². The first kappa shape index (κ1) is 22.3. The maximum absolute atomic E-state index is 13.0. The second-order valence-electron chi connectivity index (χ2n) is 8.14. The second kappa shape index (κ2) is 9.04. The van der Waals surface area contributed by atoms with Crippen LogP contribution in [0.5, 0.6) is 11.5 Å². The summed E-state index contributed by atoms with van der Waals surface area (Å²) in [5.74, 6) is 1.17. The zero-order chi connectivity index (χ0) is 23.8. The fourth-order valence-corrected chi connectivity index (χ4v) is 4.64. The van der Waals surface area contributed by atoms with Crippen LogP contribution < -0.4 is 9.47 Å². The topological polar surface area (TPSA) is 87.8 Å². The predicted molar refractivity (Wildman–Crippen MR) is 127 cm³/mol. The Balaban J connectivity index is 1.67. The van der Waals surface area contributed by atoms with Gasteiger partial charge in [-0.15, -0.1) is 10.2 Å². The Morgan fingerprint density at radius 2 is 1.76 bits per heavy atom. The van der Waals surface area contributed by atoms with Crippen LogP contribution in [0.25, 0.3) is 16.8 Å². The first-order chi connectivity index (χ1) is 16.5. The van der Waals surface area contributed by atoms with Gasteiger partial charge in [-0.25, -0.2) is 4.52 Å². The summed E-state index contributed by atoms with van der Waals surface area (Å²) in [6.07, 6.45) is 0.970. The van der Waals surface area contributed by atoms with Gasteiger partial charge >= 0.3 is 0 Å². The van der Waals surface area contributed by atoms with E-state index in [4.69, 9.17) is 30.9 Å². The number of methoxy groups -OCH3 is 3. The Morgan fingerprint density at radius 1 is 1.00 bits per heavy atom. The van der Waals surface area contributed by atoms with Crippen LogP contribution in [0.1, 0.15) is 39.8 Å². The maximum Gasteiger partial charge on any atom is 0.185 e. The number of aromatic nitrogens is 4. The van der Waals surface area contributed by atoms with E-state index in [2.05, 4.69) is 10.2 Å². The molecule has 0 aliphatic heterocycles. The van der Waals surface area contributed by atoms with Gasteiger partial charge in [0.05, 0.1) is 37.8 Å². The summed E-state index contributed by atoms with van der Waals surface area (Å²) in [7, 11) is 4.80. The van der Waals surface area contributed by atoms with Crippen LogP contribution in [0, 0.1) is 0 Å². The van der Waals surface area contributed by atoms with Crippen molar-refractivity contribution < 1.29 is 19.0 Å². The van der Waals surface area contributed by atoms with E-state index in [1.165, 1.54) is 0 Å². The molecule has 0 amide bonds. The number of halogens is 1. The molecule has 0 saturated carbocycles. The van der Waals surface area contributed by atoms with Crippen molar-refractivity contribution in [2.45, 2.75) is 25.4 Å². The molecule has 0 N–H and O–H groups in total. The summed E-state index contributed by atoms with van der Waals surface area (Å²) in [6.45, 7) is 0.274. The van der Waals surface area contributed by atoms with Gasteiger partial charge in [0.15, 0.2) is 28.6 Å². The van der Waals surface area contributed by atoms with Gasteiger partial charge in [0.2, 0.25) is 0 Å². The molecule has 0 bridgehead atoms. The van der Waals surface area contributed by atoms with Crippen molar-refractivity contribution in [3.63, 3.8) is 0 Å². The van der Waals surface area contributed by atoms with E-state index in [0.717, 1.165) is 22.4 Å². The van der Waals surface area contributed by atoms with Crippen molar-refractivity contribution in [2.75, 3.05) is 21.3 Å². The van der Waals surface area contributed by atoms with E-state index in [-0.39, 0.29) is 18.3 Å². The number of benzene rings is 2. The number of nitrogens with zero attached hydrogens (tertiary/aromatic N) is 4. The minimum Gasteiger partial charge on any atom is -0.493 e. The molecule has 1 unspecified atom stereocenters. The molecule has 9 heteroatoms. The standard InChI is InChI=1S/C25H23ClN4O4/c1-32-13-18-23(15-6-9-21(33-2)22(12-15)34-3)25-28-27-24-19(30(25)29-18)10-16(11-20(24)31)14-4-7-17(26)8-5-14/h4-9,12,16H,10-11,13H2,1-3H3. The molecule has 8 nitrogen and oxygen atoms in total. The van der Waals surface area contributed by atoms with Gasteiger partial charge < -0.3 is 14.2 Å². The first-order valence-corrected chi connectivity index (χ1v) is 11.2. The zero-order valence-corrected chi connectivity index (χ0v) is 19.8. The highest BCUT2D eigenvalue weighted by Crippen LogP contribution is 2.38. The van der Waals surface area contributed by atoms with Crippen LogP contribution in [-0.4, -0.2) is 46.9 Å². The molecular formula is C25H23ClN4O4. The Hall–Kier alpha value is -3.49. The van der Waals surface area contributed by atoms with Gasteiger partial charge in [0, 0.05) is 18.6 Å². The third kappa shape index (κ3) is 3.78. The largest absolute Gasteiger partial charge is 0.493 e. The van der Waals surface area contributed by atoms with Crippen LogP contribution in [0.15, 0.2) is 42.5 Å². The molecule has 2 heterocycles. The molecule has 4 aromatic rings. The smallest absolute Gasteiger partial charge is 0.185 e. The highest BCUT2D eigenvalue weighted by Gasteiger charge is 2.32. The molecule has 0 radical (unpaired) electrons. The first-order valence-electron chi connectivity index (χ1n) is 10.8. The van der Waals surface area contributed by atoms with Crippen LogP contribution in [0.2, 0.25) is 5.02 Å². The van der Waals surface area contributed by atoms with Gasteiger partial charge in [-0.3, -0.25) is 4.79 Å². The molecule has 0 saturated heterocycles. The molecule has 0 fully saturated rings. The minimum absolute atomic E-state index is 0.00396. The third-order valence-electron chi connectivity index (χ3n) is 6.14. The highest BCUT2D eigenvalue weighted by atomic mass is 35.5. The summed E-state index contributed by atoms with van der Waals surface area (Å²) in [4.78, 5) is 13.0. The van der Waals surface area contributed by atoms with Crippen molar-refractivity contribution in [2.24, 2.45) is 0 Å². The predicted octanol–water partition coefficient (Wildman–Crippen LogP) is 4.52. The number of rotatable bonds is 6. The lowest BCUT2D eigenvalue weighted by atomic mass is 9.83. The monoisotopic (exact) mass is 478 g/mol. The summed E-state index contributed by atoms with van der Waals surface area (Å²) < 4.78 is 18.0. The third-order valence-corrected chi connectivity index (χ3v) is 6.39. The van der Waals surface area contributed by atoms with Crippen molar-refractivity contribution in [3.05, 3.63) is 70.1 Å². The molecule has 2 aromatic heterocycles. The number of carbonyl (C=O) groups is 1. The molecule has 174 valence electrons. The lowest BCUT2D eigenvalue weighted by Crippen LogP contribution is -2.24. The number of ether oxygens (including phenoxy) is 3. The Bertz CT molecular complexity index is 1380. The molecule has 34 heavy (non-hydrogen) atoms. The minimum atomic E-state index is -0.0490. The number of fused-ring (bicyclic) bond motifs is 3. The number of ketones is 1. The van der Waals surface area contributed by atoms with Gasteiger partial charge in [-0.1, -0.05) is 29.8 Å². The van der Waals surface area contributed by atoms with E-state index in [0.29, 0.717) is 46.4 Å². The number of carbonyl (C=O) groups excluding carboxylic acids is 1. The summed E-state index contributed by atoms with van der Waals surface area (Å²) >= 11 is 6.06. The maximum atomic E-state index is 13.0. The van der Waals surface area contributed by atoms with Gasteiger partial charge in [0.1, 0.15) is 0 Å². The Labute approximate surface area is 201 Å². The van der Waals surface area contributed by atoms with Crippen LogP contribution in [0.4, 0.5) is 0 Å². The summed E-state index contributed by atoms with van der Waals surface area (Å²) in [6, 6.07) is 13.2. The van der Waals surface area contributed by atoms with Crippen molar-refractivity contribution >= 4 is 23.0 Å². The fraction of sp³-hybridized carbons (Fsp3) is 0.280. The van der Waals surface area contributed by atoms with Gasteiger partial charge in [-0.2, -0.15) is 5.10 Å². The molecule has 2 aromatic carbocycles. The van der Waals surface area contributed by atoms with Crippen molar-refractivity contribution in [3.8, 4) is 22.6 Å². The fourth-order valence-electron chi connectivity index (χ4n) is 4.51. The number of Topliss-reactive ketones (excluding diaryl/α,β-unsaturated/α-hetero) is 1. The second-order valence-corrected chi connectivity index (χ2v) is 8.57. The molecule has 1 aliphatic rings. The normalized spacial score (nSPS) is 15.4. The lowest BCUT2D eigenvalue weighted by molar-refractivity contribution is 0.0955. The van der Waals surface area contributed by atoms with E-state index in [9.17, 15) is 4.79 Å². The van der Waals surface area contributed by atoms with Crippen molar-refractivity contribution in [1.29, 1.82) is 0 Å². The van der Waals surface area contributed by atoms with Gasteiger partial charge in [0.25, 0.3) is 0 Å². The molecule has 1 atom stereocenters. The molecule has 5 rings (SSSR count). The average molecular weight is 479 g/mol. The Kier molecular flexibility index (Phi) is 5.93. The van der Waals surface area contributed by atoms with E-state index in [1.54, 1.807) is 25.8 Å². The lowest BCUT2D eigenvalue weighted by Gasteiger charge is -2.23. The molecular weight excluding hydrogens is 456 g/mol. The van der Waals surface area contributed by atoms with Crippen LogP contribution in [-0.2, 0) is 17.8 Å². The van der Waals surface area contributed by atoms with E-state index < -0.39 is 0 Å². The van der Waals surface area contributed by atoms with E-state index in [1.807, 2.05) is 42.5 Å². The molecule has 0 spiro atoms. The Morgan fingerprint density at radius 3 is 2.47 bits per heavy atom. The SMILES string of the molecule is COCc1nn2c3c(nnc2c1-c1ccc(OC)c(OC)c1)C(=O)CC(c1ccc(Cl)cc1)C3. The molecule has 1 aliphatic carbocycles. The number of hydrogen-bond acceptors (Lipinski definition) is 7. The summed E-state index contributed by atoms with van der Waals surface area (Å²) in [5, 5.41) is 14.2.